The minimum Gasteiger partial charge on any atom is -0.491 e. The van der Waals surface area contributed by atoms with Gasteiger partial charge in [0.2, 0.25) is 5.91 Å². The van der Waals surface area contributed by atoms with E-state index < -0.39 is 0 Å². The molecule has 166 valence electrons. The zero-order chi connectivity index (χ0) is 22.1. The van der Waals surface area contributed by atoms with Crippen molar-refractivity contribution in [3.8, 4) is 5.75 Å². The van der Waals surface area contributed by atoms with Gasteiger partial charge in [-0.2, -0.15) is 0 Å². The Hall–Kier alpha value is -3.02. The van der Waals surface area contributed by atoms with Gasteiger partial charge in [-0.05, 0) is 74.7 Å². The largest absolute Gasteiger partial charge is 0.491 e. The minimum atomic E-state index is -0.144. The van der Waals surface area contributed by atoms with Gasteiger partial charge in [-0.1, -0.05) is 26.2 Å². The molecule has 1 unspecified atom stereocenters. The van der Waals surface area contributed by atoms with Crippen molar-refractivity contribution in [3.63, 3.8) is 0 Å². The summed E-state index contributed by atoms with van der Waals surface area (Å²) in [5, 5.41) is 9.07. The number of carbonyl (C=O) groups is 2. The van der Waals surface area contributed by atoms with Crippen molar-refractivity contribution < 1.29 is 14.3 Å². The summed E-state index contributed by atoms with van der Waals surface area (Å²) in [6.07, 6.45) is 6.86. The molecule has 2 aromatic carbocycles. The maximum Gasteiger partial charge on any atom is 0.251 e. The van der Waals surface area contributed by atoms with E-state index in [1.807, 2.05) is 43.3 Å². The summed E-state index contributed by atoms with van der Waals surface area (Å²) in [4.78, 5) is 24.6. The molecule has 0 saturated heterocycles. The number of carbonyl (C=O) groups excluding carboxylic acids is 2. The van der Waals surface area contributed by atoms with Crippen LogP contribution in [0.2, 0.25) is 0 Å². The summed E-state index contributed by atoms with van der Waals surface area (Å²) in [5.74, 6) is 0.616. The Labute approximate surface area is 184 Å². The molecular weight excluding hydrogens is 390 g/mol. The fourth-order valence-electron chi connectivity index (χ4n) is 3.58. The first-order chi connectivity index (χ1) is 15.0. The molecule has 6 nitrogen and oxygen atoms in total. The molecule has 2 amide bonds. The molecule has 0 aliphatic heterocycles. The monoisotopic (exact) mass is 423 g/mol. The third-order valence-electron chi connectivity index (χ3n) is 5.59. The number of anilines is 2. The number of hydrogen-bond acceptors (Lipinski definition) is 4. The van der Waals surface area contributed by atoms with E-state index >= 15 is 0 Å². The quantitative estimate of drug-likeness (QED) is 0.532. The molecule has 2 aromatic rings. The molecule has 31 heavy (non-hydrogen) atoms. The van der Waals surface area contributed by atoms with Gasteiger partial charge in [0.25, 0.3) is 5.91 Å². The molecule has 0 radical (unpaired) electrons. The number of rotatable bonds is 9. The molecule has 0 heterocycles. The van der Waals surface area contributed by atoms with Gasteiger partial charge in [0.15, 0.2) is 0 Å². The molecule has 1 fully saturated rings. The van der Waals surface area contributed by atoms with Crippen LogP contribution in [0.5, 0.6) is 5.75 Å². The predicted molar refractivity (Wildman–Crippen MR) is 125 cm³/mol. The average Bonchev–Trinajstić information content (AvgIpc) is 2.80. The highest BCUT2D eigenvalue weighted by Gasteiger charge is 2.16. The normalized spacial score (nSPS) is 15.0. The van der Waals surface area contributed by atoms with Gasteiger partial charge in [-0.15, -0.1) is 0 Å². The predicted octanol–water partition coefficient (Wildman–Crippen LogP) is 4.98. The molecule has 1 atom stereocenters. The molecule has 1 saturated carbocycles. The van der Waals surface area contributed by atoms with Gasteiger partial charge in [0, 0.05) is 23.0 Å². The Morgan fingerprint density at radius 1 is 0.968 bits per heavy atom. The van der Waals surface area contributed by atoms with Crippen molar-refractivity contribution in [2.75, 3.05) is 17.2 Å². The number of hydrogen-bond donors (Lipinski definition) is 3. The van der Waals surface area contributed by atoms with Gasteiger partial charge in [-0.25, -0.2) is 0 Å². The zero-order valence-electron chi connectivity index (χ0n) is 18.4. The third kappa shape index (κ3) is 7.31. The summed E-state index contributed by atoms with van der Waals surface area (Å²) < 4.78 is 5.74. The lowest BCUT2D eigenvalue weighted by Gasteiger charge is -2.22. The van der Waals surface area contributed by atoms with Crippen molar-refractivity contribution in [3.05, 3.63) is 54.1 Å². The van der Waals surface area contributed by atoms with E-state index in [0.717, 1.165) is 36.4 Å². The summed E-state index contributed by atoms with van der Waals surface area (Å²) in [6, 6.07) is 14.9. The summed E-state index contributed by atoms with van der Waals surface area (Å²) in [5.41, 5.74) is 2.15. The van der Waals surface area contributed by atoms with Gasteiger partial charge >= 0.3 is 0 Å². The number of amides is 2. The smallest absolute Gasteiger partial charge is 0.251 e. The lowest BCUT2D eigenvalue weighted by atomic mass is 9.95. The van der Waals surface area contributed by atoms with Crippen LogP contribution in [-0.2, 0) is 4.79 Å². The second-order valence-electron chi connectivity index (χ2n) is 8.15. The van der Waals surface area contributed by atoms with Crippen LogP contribution in [0.25, 0.3) is 0 Å². The van der Waals surface area contributed by atoms with Crippen LogP contribution >= 0.6 is 0 Å². The van der Waals surface area contributed by atoms with Gasteiger partial charge in [0.05, 0.1) is 12.6 Å². The Morgan fingerprint density at radius 3 is 2.26 bits per heavy atom. The molecule has 1 aliphatic carbocycles. The summed E-state index contributed by atoms with van der Waals surface area (Å²) >= 11 is 0. The van der Waals surface area contributed by atoms with Crippen molar-refractivity contribution in [1.82, 2.24) is 5.32 Å². The Bertz CT molecular complexity index is 843. The minimum absolute atomic E-state index is 0.0306. The molecule has 0 spiro atoms. The van der Waals surface area contributed by atoms with E-state index in [1.54, 1.807) is 12.1 Å². The summed E-state index contributed by atoms with van der Waals surface area (Å²) in [6.45, 7) is 4.24. The lowest BCUT2D eigenvalue weighted by molar-refractivity contribution is -0.114. The molecule has 0 aromatic heterocycles. The maximum absolute atomic E-state index is 12.4. The number of ether oxygens (including phenoxy) is 1. The van der Waals surface area contributed by atoms with Crippen molar-refractivity contribution in [1.29, 1.82) is 0 Å². The highest BCUT2D eigenvalue weighted by atomic mass is 16.5. The molecule has 6 heteroatoms. The second kappa shape index (κ2) is 11.4. The van der Waals surface area contributed by atoms with E-state index in [-0.39, 0.29) is 24.5 Å². The van der Waals surface area contributed by atoms with E-state index in [0.29, 0.717) is 11.6 Å². The lowest BCUT2D eigenvalue weighted by Crippen LogP contribution is -2.36. The molecule has 3 N–H and O–H groups in total. The van der Waals surface area contributed by atoms with Crippen LogP contribution in [0.4, 0.5) is 11.4 Å². The van der Waals surface area contributed by atoms with E-state index in [9.17, 15) is 9.59 Å². The fourth-order valence-corrected chi connectivity index (χ4v) is 3.58. The van der Waals surface area contributed by atoms with Crippen LogP contribution in [-0.4, -0.2) is 30.5 Å². The third-order valence-corrected chi connectivity index (χ3v) is 5.59. The maximum atomic E-state index is 12.4. The Balaban J connectivity index is 1.43. The standard InChI is InChI=1S/C25H33N3O3/c1-3-18(2)31-23-15-13-22(14-16-23)27-24(29)17-26-20-11-9-19(10-12-20)25(30)28-21-7-5-4-6-8-21/h9-16,18,21,26H,3-8,17H2,1-2H3,(H,27,29)(H,28,30). The first-order valence-corrected chi connectivity index (χ1v) is 11.2. The van der Waals surface area contributed by atoms with Crippen molar-refractivity contribution in [2.45, 2.75) is 64.5 Å². The fraction of sp³-hybridized carbons (Fsp3) is 0.440. The second-order valence-corrected chi connectivity index (χ2v) is 8.15. The highest BCUT2D eigenvalue weighted by molar-refractivity contribution is 5.95. The molecule has 3 rings (SSSR count). The SMILES string of the molecule is CCC(C)Oc1ccc(NC(=O)CNc2ccc(C(=O)NC3CCCCC3)cc2)cc1. The van der Waals surface area contributed by atoms with Crippen LogP contribution in [0, 0.1) is 0 Å². The van der Waals surface area contributed by atoms with Crippen LogP contribution < -0.4 is 20.7 Å². The first kappa shape index (κ1) is 22.7. The highest BCUT2D eigenvalue weighted by Crippen LogP contribution is 2.19. The first-order valence-electron chi connectivity index (χ1n) is 11.2. The van der Waals surface area contributed by atoms with Gasteiger partial charge < -0.3 is 20.7 Å². The Kier molecular flexibility index (Phi) is 8.33. The number of nitrogens with one attached hydrogen (secondary N) is 3. The summed E-state index contributed by atoms with van der Waals surface area (Å²) in [7, 11) is 0. The average molecular weight is 424 g/mol. The number of benzene rings is 2. The Morgan fingerprint density at radius 2 is 1.61 bits per heavy atom. The van der Waals surface area contributed by atoms with E-state index in [4.69, 9.17) is 4.74 Å². The zero-order valence-corrected chi connectivity index (χ0v) is 18.4. The topological polar surface area (TPSA) is 79.5 Å². The molecule has 1 aliphatic rings. The van der Waals surface area contributed by atoms with E-state index in [2.05, 4.69) is 22.9 Å². The van der Waals surface area contributed by atoms with Gasteiger partial charge in [0.1, 0.15) is 5.75 Å². The molecule has 0 bridgehead atoms. The van der Waals surface area contributed by atoms with E-state index in [1.165, 1.54) is 19.3 Å². The molecular formula is C25H33N3O3. The van der Waals surface area contributed by atoms with Crippen LogP contribution in [0.15, 0.2) is 48.5 Å². The van der Waals surface area contributed by atoms with Gasteiger partial charge in [-0.3, -0.25) is 9.59 Å². The van der Waals surface area contributed by atoms with Crippen LogP contribution in [0.3, 0.4) is 0 Å². The van der Waals surface area contributed by atoms with Crippen LogP contribution in [0.1, 0.15) is 62.7 Å². The van der Waals surface area contributed by atoms with Crippen molar-refractivity contribution in [2.24, 2.45) is 0 Å². The van der Waals surface area contributed by atoms with Crippen molar-refractivity contribution >= 4 is 23.2 Å².